The van der Waals surface area contributed by atoms with Crippen LogP contribution in [0.15, 0.2) is 0 Å². The number of hydrogen-bond acceptors (Lipinski definition) is 4. The largest absolute Gasteiger partial charge is 0.480 e. The minimum atomic E-state index is -1.05. The van der Waals surface area contributed by atoms with E-state index >= 15 is 0 Å². The highest BCUT2D eigenvalue weighted by atomic mass is 32.2. The lowest BCUT2D eigenvalue weighted by Crippen LogP contribution is -2.48. The molecule has 0 aromatic heterocycles. The summed E-state index contributed by atoms with van der Waals surface area (Å²) in [6.45, 7) is 10.1. The van der Waals surface area contributed by atoms with Gasteiger partial charge in [-0.1, -0.05) is 13.8 Å². The number of carboxylic acids is 1. The lowest BCUT2D eigenvalue weighted by molar-refractivity contribution is -0.139. The highest BCUT2D eigenvalue weighted by molar-refractivity contribution is 8.02. The molecule has 0 aliphatic heterocycles. The third kappa shape index (κ3) is 6.82. The highest BCUT2D eigenvalue weighted by Crippen LogP contribution is 2.31. The van der Waals surface area contributed by atoms with Crippen LogP contribution in [0, 0.1) is 5.92 Å². The zero-order valence-electron chi connectivity index (χ0n) is 12.4. The molecule has 4 N–H and O–H groups in total. The maximum Gasteiger partial charge on any atom is 0.321 e. The van der Waals surface area contributed by atoms with E-state index in [0.717, 1.165) is 6.42 Å². The molecule has 0 spiro atoms. The van der Waals surface area contributed by atoms with E-state index in [1.165, 1.54) is 11.8 Å². The Morgan fingerprint density at radius 1 is 1.32 bits per heavy atom. The SMILES string of the molecule is CC(C)CCNC(=O)C(C)SC(C)(C)[C@@H](N)C(=O)O. The fraction of sp³-hybridized carbons (Fsp3) is 0.846. The predicted octanol–water partition coefficient (Wildman–Crippen LogP) is 1.46. The number of aliphatic carboxylic acids is 1. The van der Waals surface area contributed by atoms with Gasteiger partial charge in [0, 0.05) is 11.3 Å². The first-order valence-corrected chi connectivity index (χ1v) is 7.39. The van der Waals surface area contributed by atoms with Gasteiger partial charge in [0.2, 0.25) is 5.91 Å². The Kier molecular flexibility index (Phi) is 7.44. The molecule has 0 bridgehead atoms. The average Bonchev–Trinajstić information content (AvgIpc) is 2.26. The number of hydrogen-bond donors (Lipinski definition) is 3. The summed E-state index contributed by atoms with van der Waals surface area (Å²) in [4.78, 5) is 22.8. The van der Waals surface area contributed by atoms with Crippen molar-refractivity contribution in [2.24, 2.45) is 11.7 Å². The van der Waals surface area contributed by atoms with Crippen LogP contribution in [0.25, 0.3) is 0 Å². The molecular weight excluding hydrogens is 264 g/mol. The minimum Gasteiger partial charge on any atom is -0.480 e. The summed E-state index contributed by atoms with van der Waals surface area (Å²) in [5.41, 5.74) is 5.63. The van der Waals surface area contributed by atoms with Crippen molar-refractivity contribution >= 4 is 23.6 Å². The number of carbonyl (C=O) groups excluding carboxylic acids is 1. The number of rotatable bonds is 8. The van der Waals surface area contributed by atoms with E-state index in [1.54, 1.807) is 20.8 Å². The molecular formula is C13H26N2O3S. The molecule has 0 aromatic rings. The van der Waals surface area contributed by atoms with Gasteiger partial charge < -0.3 is 16.2 Å². The first-order chi connectivity index (χ1) is 8.58. The standard InChI is InChI=1S/C13H26N2O3S/c1-8(2)6-7-15-11(16)9(3)19-13(4,5)10(14)12(17)18/h8-10H,6-7,14H2,1-5H3,(H,15,16)(H,17,18)/t9?,10-/m0/s1. The summed E-state index contributed by atoms with van der Waals surface area (Å²) in [5.74, 6) is -0.582. The maximum absolute atomic E-state index is 11.9. The molecule has 0 aliphatic carbocycles. The van der Waals surface area contributed by atoms with Gasteiger partial charge in [-0.2, -0.15) is 0 Å². The lowest BCUT2D eigenvalue weighted by Gasteiger charge is -2.30. The monoisotopic (exact) mass is 290 g/mol. The maximum atomic E-state index is 11.9. The summed E-state index contributed by atoms with van der Waals surface area (Å²) in [6.07, 6.45) is 0.932. The summed E-state index contributed by atoms with van der Waals surface area (Å²) >= 11 is 1.29. The van der Waals surface area contributed by atoms with E-state index in [1.807, 2.05) is 0 Å². The summed E-state index contributed by atoms with van der Waals surface area (Å²) in [6, 6.07) is -0.997. The van der Waals surface area contributed by atoms with Crippen molar-refractivity contribution in [1.82, 2.24) is 5.32 Å². The van der Waals surface area contributed by atoms with E-state index in [9.17, 15) is 9.59 Å². The molecule has 0 saturated carbocycles. The normalized spacial score (nSPS) is 15.1. The van der Waals surface area contributed by atoms with Crippen LogP contribution in [-0.4, -0.2) is 39.6 Å². The third-order valence-corrected chi connectivity index (χ3v) is 4.31. The smallest absolute Gasteiger partial charge is 0.321 e. The zero-order valence-corrected chi connectivity index (χ0v) is 13.2. The first kappa shape index (κ1) is 18.2. The van der Waals surface area contributed by atoms with Crippen LogP contribution in [0.5, 0.6) is 0 Å². The molecule has 19 heavy (non-hydrogen) atoms. The molecule has 0 heterocycles. The topological polar surface area (TPSA) is 92.4 Å². The fourth-order valence-corrected chi connectivity index (χ4v) is 2.86. The predicted molar refractivity (Wildman–Crippen MR) is 79.2 cm³/mol. The Balaban J connectivity index is 4.31. The van der Waals surface area contributed by atoms with Crippen molar-refractivity contribution < 1.29 is 14.7 Å². The van der Waals surface area contributed by atoms with Crippen LogP contribution >= 0.6 is 11.8 Å². The van der Waals surface area contributed by atoms with Gasteiger partial charge in [0.1, 0.15) is 6.04 Å². The second-order valence-corrected chi connectivity index (χ2v) is 7.65. The van der Waals surface area contributed by atoms with E-state index in [-0.39, 0.29) is 11.2 Å². The molecule has 6 heteroatoms. The second kappa shape index (κ2) is 7.75. The van der Waals surface area contributed by atoms with Gasteiger partial charge in [0.15, 0.2) is 0 Å². The van der Waals surface area contributed by atoms with Crippen LogP contribution in [0.2, 0.25) is 0 Å². The van der Waals surface area contributed by atoms with Gasteiger partial charge in [0.25, 0.3) is 0 Å². The van der Waals surface area contributed by atoms with Crippen LogP contribution in [0.3, 0.4) is 0 Å². The highest BCUT2D eigenvalue weighted by Gasteiger charge is 2.35. The Labute approximate surface area is 119 Å². The van der Waals surface area contributed by atoms with E-state index < -0.39 is 16.8 Å². The van der Waals surface area contributed by atoms with Crippen molar-refractivity contribution in [3.63, 3.8) is 0 Å². The molecule has 0 saturated heterocycles. The minimum absolute atomic E-state index is 0.0729. The fourth-order valence-electron chi connectivity index (χ4n) is 1.51. The molecule has 1 amide bonds. The molecule has 112 valence electrons. The first-order valence-electron chi connectivity index (χ1n) is 6.51. The Morgan fingerprint density at radius 3 is 2.26 bits per heavy atom. The zero-order chi connectivity index (χ0) is 15.2. The lowest BCUT2D eigenvalue weighted by atomic mass is 10.1. The Hall–Kier alpha value is -0.750. The van der Waals surface area contributed by atoms with E-state index in [0.29, 0.717) is 12.5 Å². The summed E-state index contributed by atoms with van der Waals surface area (Å²) < 4.78 is -0.694. The number of carboxylic acid groups (broad SMARTS) is 1. The van der Waals surface area contributed by atoms with Crippen molar-refractivity contribution in [2.75, 3.05) is 6.54 Å². The molecule has 0 aromatic carbocycles. The third-order valence-electron chi connectivity index (χ3n) is 2.89. The van der Waals surface area contributed by atoms with Gasteiger partial charge in [-0.05, 0) is 33.1 Å². The van der Waals surface area contributed by atoms with Crippen LogP contribution < -0.4 is 11.1 Å². The van der Waals surface area contributed by atoms with Gasteiger partial charge in [-0.25, -0.2) is 0 Å². The number of carbonyl (C=O) groups is 2. The van der Waals surface area contributed by atoms with Crippen LogP contribution in [0.4, 0.5) is 0 Å². The molecule has 5 nitrogen and oxygen atoms in total. The summed E-state index contributed by atoms with van der Waals surface area (Å²) in [5, 5.41) is 11.5. The molecule has 0 aliphatic rings. The number of nitrogens with two attached hydrogens (primary N) is 1. The van der Waals surface area contributed by atoms with Gasteiger partial charge in [0.05, 0.1) is 5.25 Å². The number of amides is 1. The average molecular weight is 290 g/mol. The summed E-state index contributed by atoms with van der Waals surface area (Å²) in [7, 11) is 0. The van der Waals surface area contributed by atoms with E-state index in [2.05, 4.69) is 19.2 Å². The number of nitrogens with one attached hydrogen (secondary N) is 1. The van der Waals surface area contributed by atoms with Gasteiger partial charge >= 0.3 is 5.97 Å². The van der Waals surface area contributed by atoms with Crippen molar-refractivity contribution in [1.29, 1.82) is 0 Å². The van der Waals surface area contributed by atoms with Crippen molar-refractivity contribution in [3.05, 3.63) is 0 Å². The molecule has 0 fully saturated rings. The molecule has 2 atom stereocenters. The van der Waals surface area contributed by atoms with Crippen LogP contribution in [0.1, 0.15) is 41.0 Å². The Bertz CT molecular complexity index is 319. The van der Waals surface area contributed by atoms with Crippen molar-refractivity contribution in [3.8, 4) is 0 Å². The van der Waals surface area contributed by atoms with E-state index in [4.69, 9.17) is 10.8 Å². The molecule has 1 unspecified atom stereocenters. The van der Waals surface area contributed by atoms with Gasteiger partial charge in [-0.3, -0.25) is 9.59 Å². The van der Waals surface area contributed by atoms with Crippen molar-refractivity contribution in [2.45, 2.75) is 57.1 Å². The molecule has 0 rings (SSSR count). The number of thioether (sulfide) groups is 1. The molecule has 0 radical (unpaired) electrons. The van der Waals surface area contributed by atoms with Gasteiger partial charge in [-0.15, -0.1) is 11.8 Å². The quantitative estimate of drug-likeness (QED) is 0.629. The second-order valence-electron chi connectivity index (χ2n) is 5.65. The van der Waals surface area contributed by atoms with Crippen LogP contribution in [-0.2, 0) is 9.59 Å². The Morgan fingerprint density at radius 2 is 1.84 bits per heavy atom.